The molecule has 4 rings (SSSR count). The number of likely N-dealkylation sites (tertiary alicyclic amines) is 1. The lowest BCUT2D eigenvalue weighted by Gasteiger charge is -2.34. The van der Waals surface area contributed by atoms with E-state index in [0.29, 0.717) is 40.0 Å². The molecule has 2 heterocycles. The van der Waals surface area contributed by atoms with Gasteiger partial charge in [0.2, 0.25) is 0 Å². The number of piperidine rings is 1. The van der Waals surface area contributed by atoms with Gasteiger partial charge in [0.15, 0.2) is 11.9 Å². The lowest BCUT2D eigenvalue weighted by molar-refractivity contribution is -0.161. The molecular formula is C26H34Cl2N2O5S. The molecule has 2 saturated heterocycles. The van der Waals surface area contributed by atoms with Crippen LogP contribution in [-0.4, -0.2) is 63.2 Å². The Bertz CT molecular complexity index is 1100. The molecule has 7 nitrogen and oxygen atoms in total. The quantitative estimate of drug-likeness (QED) is 0.340. The van der Waals surface area contributed by atoms with Gasteiger partial charge in [-0.05, 0) is 59.4 Å². The van der Waals surface area contributed by atoms with Crippen LogP contribution in [0.25, 0.3) is 0 Å². The van der Waals surface area contributed by atoms with Crippen LogP contribution in [0.2, 0.25) is 10.0 Å². The molecule has 10 heteroatoms. The first-order chi connectivity index (χ1) is 16.8. The van der Waals surface area contributed by atoms with Crippen molar-refractivity contribution in [3.8, 4) is 5.75 Å². The highest BCUT2D eigenvalue weighted by atomic mass is 35.5. The van der Waals surface area contributed by atoms with E-state index in [4.69, 9.17) is 41.8 Å². The van der Waals surface area contributed by atoms with E-state index in [-0.39, 0.29) is 37.0 Å². The number of rotatable bonds is 7. The maximum Gasteiger partial charge on any atom is 0.254 e. The van der Waals surface area contributed by atoms with Gasteiger partial charge in [-0.1, -0.05) is 35.9 Å². The molecule has 4 unspecified atom stereocenters. The molecule has 1 amide bonds. The number of nitrogens with zero attached hydrogens (tertiary/aromatic N) is 2. The summed E-state index contributed by atoms with van der Waals surface area (Å²) in [6.45, 7) is 14.1. The van der Waals surface area contributed by atoms with Gasteiger partial charge in [0.1, 0.15) is 23.3 Å². The predicted octanol–water partition coefficient (Wildman–Crippen LogP) is 5.20. The fourth-order valence-corrected chi connectivity index (χ4v) is 6.10. The number of fused-ring (bicyclic) bond motifs is 2. The second kappa shape index (κ2) is 10.4. The number of benzene rings is 1. The van der Waals surface area contributed by atoms with Crippen LogP contribution >= 0.6 is 23.2 Å². The molecule has 2 aliphatic heterocycles. The van der Waals surface area contributed by atoms with Crippen LogP contribution in [0.5, 0.6) is 5.75 Å². The zero-order chi connectivity index (χ0) is 26.4. The Morgan fingerprint density at radius 3 is 2.56 bits per heavy atom. The molecule has 3 aliphatic rings. The number of ether oxygens (including phenoxy) is 3. The first kappa shape index (κ1) is 27.6. The van der Waals surface area contributed by atoms with Gasteiger partial charge in [-0.3, -0.25) is 4.79 Å². The Balaban J connectivity index is 1.65. The van der Waals surface area contributed by atoms with E-state index in [1.165, 1.54) is 0 Å². The number of carbonyl (C=O) groups excluding carboxylic acids is 1. The molecule has 1 saturated carbocycles. The Hall–Kier alpha value is -1.45. The van der Waals surface area contributed by atoms with Gasteiger partial charge in [-0.15, -0.1) is 0 Å². The molecule has 198 valence electrons. The van der Waals surface area contributed by atoms with Crippen molar-refractivity contribution in [1.29, 1.82) is 0 Å². The van der Waals surface area contributed by atoms with Crippen molar-refractivity contribution in [3.63, 3.8) is 0 Å². The second-order valence-electron chi connectivity index (χ2n) is 11.0. The number of hydrogen-bond acceptors (Lipinski definition) is 5. The van der Waals surface area contributed by atoms with Crippen molar-refractivity contribution in [2.75, 3.05) is 19.8 Å². The molecule has 1 aliphatic carbocycles. The standard InChI is InChI=1S/C26H34Cl2N2O5S/c1-7-8-33-21-12-20(28)19(27)11-18(21)23(29-36(32)25(2,3)4)17-10-16-9-15(17)13-30(16)24(31)22-14-34-26(5,6)35-22/h7,11-12,15-17,22H,1,8-10,13-14H2,2-6H3/b29-23+/t15?,16?,17?,22-,36?/m1/s1. The average Bonchev–Trinajstić information content (AvgIpc) is 3.50. The summed E-state index contributed by atoms with van der Waals surface area (Å²) in [6, 6.07) is 3.45. The first-order valence-corrected chi connectivity index (χ1v) is 14.0. The van der Waals surface area contributed by atoms with E-state index in [1.54, 1.807) is 18.2 Å². The summed E-state index contributed by atoms with van der Waals surface area (Å²) in [5.74, 6) is -0.123. The SMILES string of the molecule is C=CCOc1cc(Cl)c(Cl)cc1/C(=N/S(=O)C(C)(C)C)C1CC2CC1CN2C(=O)[C@H]1COC(C)(C)O1. The van der Waals surface area contributed by atoms with E-state index < -0.39 is 27.6 Å². The van der Waals surface area contributed by atoms with E-state index in [9.17, 15) is 9.00 Å². The highest BCUT2D eigenvalue weighted by Gasteiger charge is 2.51. The summed E-state index contributed by atoms with van der Waals surface area (Å²) in [5, 5.41) is 0.731. The van der Waals surface area contributed by atoms with Crippen LogP contribution in [0.15, 0.2) is 29.2 Å². The minimum atomic E-state index is -1.50. The predicted molar refractivity (Wildman–Crippen MR) is 143 cm³/mol. The van der Waals surface area contributed by atoms with E-state index in [1.807, 2.05) is 39.5 Å². The number of hydrogen-bond donors (Lipinski definition) is 0. The van der Waals surface area contributed by atoms with E-state index >= 15 is 0 Å². The molecule has 1 aromatic rings. The molecule has 1 aromatic carbocycles. The average molecular weight is 558 g/mol. The highest BCUT2D eigenvalue weighted by molar-refractivity contribution is 7.85. The van der Waals surface area contributed by atoms with Crippen LogP contribution in [0.1, 0.15) is 53.0 Å². The molecule has 0 aromatic heterocycles. The maximum atomic E-state index is 13.2. The van der Waals surface area contributed by atoms with Crippen LogP contribution in [-0.2, 0) is 25.3 Å². The van der Waals surface area contributed by atoms with Crippen molar-refractivity contribution in [3.05, 3.63) is 40.4 Å². The Labute approximate surface area is 225 Å². The zero-order valence-electron chi connectivity index (χ0n) is 21.4. The number of carbonyl (C=O) groups is 1. The maximum absolute atomic E-state index is 13.2. The second-order valence-corrected chi connectivity index (χ2v) is 13.7. The molecule has 3 fully saturated rings. The van der Waals surface area contributed by atoms with Gasteiger partial charge in [0.25, 0.3) is 5.91 Å². The third kappa shape index (κ3) is 5.68. The van der Waals surface area contributed by atoms with Crippen LogP contribution in [0, 0.1) is 11.8 Å². The van der Waals surface area contributed by atoms with Crippen molar-refractivity contribution >= 4 is 45.8 Å². The Morgan fingerprint density at radius 1 is 1.31 bits per heavy atom. The first-order valence-electron chi connectivity index (χ1n) is 12.2. The third-order valence-corrected chi connectivity index (χ3v) is 8.95. The van der Waals surface area contributed by atoms with Gasteiger partial charge < -0.3 is 19.1 Å². The van der Waals surface area contributed by atoms with Gasteiger partial charge in [-0.2, -0.15) is 4.40 Å². The highest BCUT2D eigenvalue weighted by Crippen LogP contribution is 2.46. The summed E-state index contributed by atoms with van der Waals surface area (Å²) in [4.78, 5) is 15.1. The van der Waals surface area contributed by atoms with Crippen LogP contribution < -0.4 is 4.74 Å². The van der Waals surface area contributed by atoms with Gasteiger partial charge in [-0.25, -0.2) is 4.21 Å². The summed E-state index contributed by atoms with van der Waals surface area (Å²) in [6.07, 6.45) is 2.61. The normalized spacial score (nSPS) is 28.4. The lowest BCUT2D eigenvalue weighted by atomic mass is 9.86. The molecule has 36 heavy (non-hydrogen) atoms. The molecular weight excluding hydrogens is 523 g/mol. The smallest absolute Gasteiger partial charge is 0.254 e. The third-order valence-electron chi connectivity index (χ3n) is 6.82. The van der Waals surface area contributed by atoms with Gasteiger partial charge >= 0.3 is 0 Å². The molecule has 0 radical (unpaired) electrons. The summed E-state index contributed by atoms with van der Waals surface area (Å²) < 4.78 is 34.8. The molecule has 5 atom stereocenters. The Morgan fingerprint density at radius 2 is 2.00 bits per heavy atom. The molecule has 2 bridgehead atoms. The largest absolute Gasteiger partial charge is 0.489 e. The topological polar surface area (TPSA) is 77.4 Å². The van der Waals surface area contributed by atoms with Crippen molar-refractivity contribution < 1.29 is 23.2 Å². The number of halogens is 2. The lowest BCUT2D eigenvalue weighted by Crippen LogP contribution is -2.47. The summed E-state index contributed by atoms with van der Waals surface area (Å²) >= 11 is 12.7. The van der Waals surface area contributed by atoms with E-state index in [0.717, 1.165) is 6.42 Å². The van der Waals surface area contributed by atoms with Crippen LogP contribution in [0.4, 0.5) is 0 Å². The minimum Gasteiger partial charge on any atom is -0.489 e. The van der Waals surface area contributed by atoms with Gasteiger partial charge in [0, 0.05) is 30.1 Å². The summed E-state index contributed by atoms with van der Waals surface area (Å²) in [5.41, 5.74) is 1.36. The van der Waals surface area contributed by atoms with Crippen molar-refractivity contribution in [1.82, 2.24) is 4.90 Å². The summed E-state index contributed by atoms with van der Waals surface area (Å²) in [7, 11) is -1.50. The fourth-order valence-electron chi connectivity index (χ4n) is 5.09. The van der Waals surface area contributed by atoms with E-state index in [2.05, 4.69) is 6.58 Å². The number of amides is 1. The zero-order valence-corrected chi connectivity index (χ0v) is 23.7. The van der Waals surface area contributed by atoms with Crippen molar-refractivity contribution in [2.24, 2.45) is 16.2 Å². The van der Waals surface area contributed by atoms with Crippen LogP contribution in [0.3, 0.4) is 0 Å². The van der Waals surface area contributed by atoms with Gasteiger partial charge in [0.05, 0.1) is 27.1 Å². The Kier molecular flexibility index (Phi) is 7.94. The fraction of sp³-hybridized carbons (Fsp3) is 0.615. The minimum absolute atomic E-state index is 0.00846. The molecule has 0 spiro atoms. The monoisotopic (exact) mass is 556 g/mol. The molecule has 0 N–H and O–H groups in total. The van der Waals surface area contributed by atoms with Crippen molar-refractivity contribution in [2.45, 2.75) is 70.1 Å².